The van der Waals surface area contributed by atoms with Crippen molar-refractivity contribution >= 4 is 17.3 Å². The number of aryl methyl sites for hydroxylation is 1. The highest BCUT2D eigenvalue weighted by molar-refractivity contribution is 6.04. The maximum absolute atomic E-state index is 12.4. The monoisotopic (exact) mass is 324 g/mol. The van der Waals surface area contributed by atoms with Crippen LogP contribution in [-0.4, -0.2) is 25.1 Å². The molecule has 2 aromatic rings. The summed E-state index contributed by atoms with van der Waals surface area (Å²) in [6, 6.07) is 15.9. The van der Waals surface area contributed by atoms with Crippen LogP contribution in [0.3, 0.4) is 0 Å². The van der Waals surface area contributed by atoms with Gasteiger partial charge in [0, 0.05) is 6.54 Å². The molecule has 1 heterocycles. The number of ether oxygens (including phenoxy) is 1. The van der Waals surface area contributed by atoms with E-state index < -0.39 is 0 Å². The van der Waals surface area contributed by atoms with Gasteiger partial charge in [0.1, 0.15) is 11.8 Å². The maximum atomic E-state index is 12.4. The number of anilines is 2. The van der Waals surface area contributed by atoms with E-state index in [1.165, 1.54) is 5.56 Å². The summed E-state index contributed by atoms with van der Waals surface area (Å²) in [5, 5.41) is 3.25. The molecule has 1 aliphatic rings. The van der Waals surface area contributed by atoms with Crippen molar-refractivity contribution in [2.75, 3.05) is 23.4 Å². The van der Waals surface area contributed by atoms with Crippen LogP contribution in [0.5, 0.6) is 5.75 Å². The van der Waals surface area contributed by atoms with Crippen LogP contribution in [0.4, 0.5) is 11.4 Å². The number of para-hydroxylation sites is 2. The fourth-order valence-corrected chi connectivity index (χ4v) is 2.91. The number of hydrogen-bond acceptors (Lipinski definition) is 3. The van der Waals surface area contributed by atoms with E-state index in [9.17, 15) is 4.79 Å². The second-order valence-corrected chi connectivity index (χ2v) is 6.24. The molecule has 0 spiro atoms. The van der Waals surface area contributed by atoms with Gasteiger partial charge >= 0.3 is 0 Å². The molecule has 0 fully saturated rings. The molecule has 1 unspecified atom stereocenters. The van der Waals surface area contributed by atoms with Gasteiger partial charge in [0.05, 0.1) is 18.0 Å². The molecule has 24 heavy (non-hydrogen) atoms. The van der Waals surface area contributed by atoms with Crippen molar-refractivity contribution in [2.24, 2.45) is 0 Å². The minimum Gasteiger partial charge on any atom is -0.494 e. The number of hydrogen-bond donors (Lipinski definition) is 1. The van der Waals surface area contributed by atoms with Gasteiger partial charge in [-0.15, -0.1) is 0 Å². The van der Waals surface area contributed by atoms with Gasteiger partial charge in [-0.2, -0.15) is 0 Å². The van der Waals surface area contributed by atoms with Crippen molar-refractivity contribution in [3.8, 4) is 5.75 Å². The third-order valence-electron chi connectivity index (χ3n) is 4.27. The molecular weight excluding hydrogens is 300 g/mol. The highest BCUT2D eigenvalue weighted by atomic mass is 16.5. The molecule has 0 saturated carbocycles. The van der Waals surface area contributed by atoms with Crippen LogP contribution in [0.2, 0.25) is 0 Å². The second-order valence-electron chi connectivity index (χ2n) is 6.24. The molecule has 1 N–H and O–H groups in total. The predicted molar refractivity (Wildman–Crippen MR) is 97.8 cm³/mol. The van der Waals surface area contributed by atoms with Gasteiger partial charge in [0.15, 0.2) is 0 Å². The highest BCUT2D eigenvalue weighted by Crippen LogP contribution is 2.31. The van der Waals surface area contributed by atoms with Gasteiger partial charge in [0.25, 0.3) is 0 Å². The van der Waals surface area contributed by atoms with Crippen molar-refractivity contribution in [2.45, 2.75) is 32.7 Å². The first-order chi connectivity index (χ1) is 11.6. The molecule has 1 aliphatic heterocycles. The summed E-state index contributed by atoms with van der Waals surface area (Å²) in [6.07, 6.45) is 1.83. The second kappa shape index (κ2) is 7.39. The smallest absolute Gasteiger partial charge is 0.249 e. The Labute approximate surface area is 143 Å². The lowest BCUT2D eigenvalue weighted by atomic mass is 10.1. The first-order valence-corrected chi connectivity index (χ1v) is 8.51. The van der Waals surface area contributed by atoms with Crippen molar-refractivity contribution in [3.05, 3.63) is 54.1 Å². The lowest BCUT2D eigenvalue weighted by Crippen LogP contribution is -2.46. The Hall–Kier alpha value is -2.49. The Bertz CT molecular complexity index is 697. The van der Waals surface area contributed by atoms with Crippen molar-refractivity contribution < 1.29 is 9.53 Å². The summed E-state index contributed by atoms with van der Waals surface area (Å²) in [7, 11) is 0. The summed E-state index contributed by atoms with van der Waals surface area (Å²) < 4.78 is 5.75. The molecule has 3 rings (SSSR count). The number of fused-ring (bicyclic) bond motifs is 1. The van der Waals surface area contributed by atoms with Gasteiger partial charge in [-0.05, 0) is 51.0 Å². The Morgan fingerprint density at radius 2 is 1.83 bits per heavy atom. The first-order valence-electron chi connectivity index (χ1n) is 8.51. The van der Waals surface area contributed by atoms with E-state index >= 15 is 0 Å². The molecule has 4 heteroatoms. The third-order valence-corrected chi connectivity index (χ3v) is 4.27. The average Bonchev–Trinajstić information content (AvgIpc) is 2.59. The summed E-state index contributed by atoms with van der Waals surface area (Å²) in [5.74, 6) is 1.03. The summed E-state index contributed by atoms with van der Waals surface area (Å²) in [4.78, 5) is 14.3. The van der Waals surface area contributed by atoms with Gasteiger partial charge in [-0.25, -0.2) is 0 Å². The molecule has 2 aromatic carbocycles. The van der Waals surface area contributed by atoms with Crippen LogP contribution >= 0.6 is 0 Å². The highest BCUT2D eigenvalue weighted by Gasteiger charge is 2.28. The molecule has 1 atom stereocenters. The first kappa shape index (κ1) is 16.4. The molecule has 0 radical (unpaired) electrons. The van der Waals surface area contributed by atoms with E-state index in [4.69, 9.17) is 4.74 Å². The van der Waals surface area contributed by atoms with Crippen molar-refractivity contribution in [1.29, 1.82) is 0 Å². The van der Waals surface area contributed by atoms with Crippen LogP contribution in [0, 0.1) is 6.92 Å². The molecule has 0 saturated heterocycles. The Balaban J connectivity index is 1.51. The van der Waals surface area contributed by atoms with E-state index in [1.54, 1.807) is 0 Å². The molecule has 0 aliphatic carbocycles. The molecule has 0 aromatic heterocycles. The molecule has 126 valence electrons. The number of rotatable bonds is 6. The van der Waals surface area contributed by atoms with Crippen molar-refractivity contribution in [3.63, 3.8) is 0 Å². The zero-order valence-corrected chi connectivity index (χ0v) is 14.3. The van der Waals surface area contributed by atoms with Crippen LogP contribution in [0.25, 0.3) is 0 Å². The van der Waals surface area contributed by atoms with Crippen LogP contribution in [0.1, 0.15) is 25.3 Å². The average molecular weight is 324 g/mol. The Morgan fingerprint density at radius 1 is 1.08 bits per heavy atom. The van der Waals surface area contributed by atoms with Gasteiger partial charge in [0.2, 0.25) is 5.91 Å². The minimum absolute atomic E-state index is 0.133. The fraction of sp³-hybridized carbons (Fsp3) is 0.350. The lowest BCUT2D eigenvalue weighted by molar-refractivity contribution is -0.119. The molecule has 4 nitrogen and oxygen atoms in total. The number of nitrogens with zero attached hydrogens (tertiary/aromatic N) is 1. The van der Waals surface area contributed by atoms with E-state index in [0.717, 1.165) is 36.5 Å². The summed E-state index contributed by atoms with van der Waals surface area (Å²) >= 11 is 0. The number of carbonyl (C=O) groups is 1. The Morgan fingerprint density at radius 3 is 2.62 bits per heavy atom. The molecular formula is C20H24N2O2. The number of benzene rings is 2. The van der Waals surface area contributed by atoms with E-state index in [1.807, 2.05) is 60.4 Å². The van der Waals surface area contributed by atoms with E-state index in [2.05, 4.69) is 12.2 Å². The van der Waals surface area contributed by atoms with Crippen LogP contribution in [-0.2, 0) is 4.79 Å². The third kappa shape index (κ3) is 3.70. The predicted octanol–water partition coefficient (Wildman–Crippen LogP) is 4.00. The summed E-state index contributed by atoms with van der Waals surface area (Å²) in [5.41, 5.74) is 3.23. The zero-order valence-electron chi connectivity index (χ0n) is 14.3. The molecule has 0 bridgehead atoms. The fourth-order valence-electron chi connectivity index (χ4n) is 2.91. The maximum Gasteiger partial charge on any atom is 0.249 e. The largest absolute Gasteiger partial charge is 0.494 e. The zero-order chi connectivity index (χ0) is 16.9. The Kier molecular flexibility index (Phi) is 5.04. The van der Waals surface area contributed by atoms with Crippen LogP contribution < -0.4 is 15.0 Å². The topological polar surface area (TPSA) is 41.6 Å². The van der Waals surface area contributed by atoms with E-state index in [0.29, 0.717) is 6.61 Å². The SMILES string of the molecule is Cc1ccc(OCCCCN2C(=O)C(C)Nc3ccccc32)cc1. The van der Waals surface area contributed by atoms with Gasteiger partial charge in [-0.1, -0.05) is 29.8 Å². The molecule has 1 amide bonds. The number of nitrogens with one attached hydrogen (secondary N) is 1. The standard InChI is InChI=1S/C20H24N2O2/c1-15-9-11-17(12-10-15)24-14-6-5-13-22-19-8-4-3-7-18(19)21-16(2)20(22)23/h3-4,7-12,16,21H,5-6,13-14H2,1-2H3. The lowest BCUT2D eigenvalue weighted by Gasteiger charge is -2.34. The van der Waals surface area contributed by atoms with E-state index in [-0.39, 0.29) is 11.9 Å². The quantitative estimate of drug-likeness (QED) is 0.817. The van der Waals surface area contributed by atoms with Crippen molar-refractivity contribution in [1.82, 2.24) is 0 Å². The normalized spacial score (nSPS) is 16.5. The number of unbranched alkanes of at least 4 members (excludes halogenated alkanes) is 1. The van der Waals surface area contributed by atoms with Gasteiger partial charge in [-0.3, -0.25) is 4.79 Å². The number of amides is 1. The van der Waals surface area contributed by atoms with Gasteiger partial charge < -0.3 is 15.0 Å². The number of carbonyl (C=O) groups excluding carboxylic acids is 1. The summed E-state index contributed by atoms with van der Waals surface area (Å²) in [6.45, 7) is 5.36. The van der Waals surface area contributed by atoms with Crippen LogP contribution in [0.15, 0.2) is 48.5 Å². The minimum atomic E-state index is -0.177.